The normalized spacial score (nSPS) is 12.9. The van der Waals surface area contributed by atoms with Gasteiger partial charge in [0, 0.05) is 5.38 Å². The topological polar surface area (TPSA) is 89.3 Å². The van der Waals surface area contributed by atoms with Crippen molar-refractivity contribution < 1.29 is 13.2 Å². The molecule has 0 saturated heterocycles. The molecule has 20 heavy (non-hydrogen) atoms. The summed E-state index contributed by atoms with van der Waals surface area (Å²) in [4.78, 5) is 12.0. The average molecular weight is 310 g/mol. The predicted molar refractivity (Wildman–Crippen MR) is 78.0 cm³/mol. The molecule has 1 amide bonds. The fourth-order valence-electron chi connectivity index (χ4n) is 1.72. The van der Waals surface area contributed by atoms with Crippen molar-refractivity contribution in [1.29, 1.82) is 0 Å². The quantitative estimate of drug-likeness (QED) is 0.903. The van der Waals surface area contributed by atoms with Gasteiger partial charge in [-0.25, -0.2) is 13.6 Å². The van der Waals surface area contributed by atoms with E-state index >= 15 is 0 Å². The SMILES string of the molecule is CC(NC(=O)c1ccsc1)c1cccc(S(N)(=O)=O)c1. The molecular formula is C13H14N2O3S2. The largest absolute Gasteiger partial charge is 0.345 e. The van der Waals surface area contributed by atoms with E-state index in [9.17, 15) is 13.2 Å². The minimum Gasteiger partial charge on any atom is -0.345 e. The molecule has 1 aromatic carbocycles. The number of sulfonamides is 1. The van der Waals surface area contributed by atoms with Crippen LogP contribution in [-0.2, 0) is 10.0 Å². The van der Waals surface area contributed by atoms with Gasteiger partial charge in [-0.1, -0.05) is 12.1 Å². The van der Waals surface area contributed by atoms with E-state index in [1.165, 1.54) is 23.5 Å². The Morgan fingerprint density at radius 1 is 1.35 bits per heavy atom. The van der Waals surface area contributed by atoms with Crippen LogP contribution in [0.1, 0.15) is 28.9 Å². The summed E-state index contributed by atoms with van der Waals surface area (Å²) < 4.78 is 22.6. The van der Waals surface area contributed by atoms with Crippen LogP contribution in [0.5, 0.6) is 0 Å². The number of hydrogen-bond acceptors (Lipinski definition) is 4. The van der Waals surface area contributed by atoms with E-state index in [0.717, 1.165) is 0 Å². The van der Waals surface area contributed by atoms with Crippen LogP contribution in [0.4, 0.5) is 0 Å². The highest BCUT2D eigenvalue weighted by molar-refractivity contribution is 7.89. The third-order valence-corrected chi connectivity index (χ3v) is 4.41. The Labute approximate surface area is 121 Å². The van der Waals surface area contributed by atoms with Gasteiger partial charge in [0.25, 0.3) is 5.91 Å². The monoisotopic (exact) mass is 310 g/mol. The molecule has 0 aliphatic carbocycles. The van der Waals surface area contributed by atoms with Gasteiger partial charge in [0.15, 0.2) is 0 Å². The van der Waals surface area contributed by atoms with E-state index < -0.39 is 10.0 Å². The van der Waals surface area contributed by atoms with Crippen LogP contribution < -0.4 is 10.5 Å². The number of hydrogen-bond donors (Lipinski definition) is 2. The van der Waals surface area contributed by atoms with Gasteiger partial charge in [-0.3, -0.25) is 4.79 Å². The number of rotatable bonds is 4. The number of amides is 1. The molecule has 2 rings (SSSR count). The molecule has 0 radical (unpaired) electrons. The highest BCUT2D eigenvalue weighted by atomic mass is 32.2. The Kier molecular flexibility index (Phi) is 4.22. The minimum atomic E-state index is -3.74. The molecular weight excluding hydrogens is 296 g/mol. The fraction of sp³-hybridized carbons (Fsp3) is 0.154. The van der Waals surface area contributed by atoms with Gasteiger partial charge < -0.3 is 5.32 Å². The number of carbonyl (C=O) groups excluding carboxylic acids is 1. The first kappa shape index (κ1) is 14.7. The Morgan fingerprint density at radius 3 is 2.70 bits per heavy atom. The Morgan fingerprint density at radius 2 is 2.10 bits per heavy atom. The molecule has 106 valence electrons. The zero-order valence-electron chi connectivity index (χ0n) is 10.7. The van der Waals surface area contributed by atoms with Crippen LogP contribution in [0.25, 0.3) is 0 Å². The van der Waals surface area contributed by atoms with Gasteiger partial charge in [0.2, 0.25) is 10.0 Å². The van der Waals surface area contributed by atoms with Crippen molar-refractivity contribution in [3.8, 4) is 0 Å². The van der Waals surface area contributed by atoms with Gasteiger partial charge >= 0.3 is 0 Å². The van der Waals surface area contributed by atoms with Gasteiger partial charge in [-0.2, -0.15) is 11.3 Å². The summed E-state index contributed by atoms with van der Waals surface area (Å²) >= 11 is 1.44. The smallest absolute Gasteiger partial charge is 0.252 e. The summed E-state index contributed by atoms with van der Waals surface area (Å²) in [6.07, 6.45) is 0. The lowest BCUT2D eigenvalue weighted by molar-refractivity contribution is 0.0940. The molecule has 2 aromatic rings. The number of primary sulfonamides is 1. The molecule has 1 unspecified atom stereocenters. The van der Waals surface area contributed by atoms with Crippen molar-refractivity contribution in [2.45, 2.75) is 17.9 Å². The molecule has 0 saturated carbocycles. The van der Waals surface area contributed by atoms with Gasteiger partial charge in [-0.05, 0) is 36.1 Å². The number of nitrogens with two attached hydrogens (primary N) is 1. The maximum absolute atomic E-state index is 11.9. The summed E-state index contributed by atoms with van der Waals surface area (Å²) in [5.41, 5.74) is 1.27. The molecule has 0 aliphatic rings. The fourth-order valence-corrected chi connectivity index (χ4v) is 2.92. The van der Waals surface area contributed by atoms with Crippen molar-refractivity contribution in [2.24, 2.45) is 5.14 Å². The van der Waals surface area contributed by atoms with Crippen molar-refractivity contribution in [2.75, 3.05) is 0 Å². The van der Waals surface area contributed by atoms with Crippen LogP contribution in [-0.4, -0.2) is 14.3 Å². The lowest BCUT2D eigenvalue weighted by Crippen LogP contribution is -2.26. The first-order valence-corrected chi connectivity index (χ1v) is 8.32. The number of benzene rings is 1. The zero-order valence-corrected chi connectivity index (χ0v) is 12.4. The van der Waals surface area contributed by atoms with Crippen LogP contribution >= 0.6 is 11.3 Å². The summed E-state index contributed by atoms with van der Waals surface area (Å²) in [6, 6.07) is 7.65. The highest BCUT2D eigenvalue weighted by Crippen LogP contribution is 2.17. The predicted octanol–water partition coefficient (Wildman–Crippen LogP) is 1.89. The standard InChI is InChI=1S/C13H14N2O3S2/c1-9(15-13(16)11-5-6-19-8-11)10-3-2-4-12(7-10)20(14,17)18/h2-9H,1H3,(H,15,16)(H2,14,17,18). The second-order valence-electron chi connectivity index (χ2n) is 4.32. The molecule has 0 fully saturated rings. The van der Waals surface area contributed by atoms with E-state index in [1.54, 1.807) is 30.5 Å². The van der Waals surface area contributed by atoms with E-state index in [2.05, 4.69) is 5.32 Å². The van der Waals surface area contributed by atoms with Gasteiger partial charge in [0.05, 0.1) is 16.5 Å². The maximum atomic E-state index is 11.9. The van der Waals surface area contributed by atoms with Crippen LogP contribution in [0.15, 0.2) is 46.0 Å². The molecule has 3 N–H and O–H groups in total. The average Bonchev–Trinajstić information content (AvgIpc) is 2.91. The van der Waals surface area contributed by atoms with Gasteiger partial charge in [-0.15, -0.1) is 0 Å². The molecule has 0 aliphatic heterocycles. The molecule has 1 aromatic heterocycles. The number of thiophene rings is 1. The van der Waals surface area contributed by atoms with E-state index in [1.807, 2.05) is 5.38 Å². The van der Waals surface area contributed by atoms with Crippen molar-refractivity contribution in [1.82, 2.24) is 5.32 Å². The van der Waals surface area contributed by atoms with Crippen LogP contribution in [0.2, 0.25) is 0 Å². The number of carbonyl (C=O) groups is 1. The Hall–Kier alpha value is -1.70. The summed E-state index contributed by atoms with van der Waals surface area (Å²) in [6.45, 7) is 1.78. The highest BCUT2D eigenvalue weighted by Gasteiger charge is 2.14. The van der Waals surface area contributed by atoms with E-state index in [-0.39, 0.29) is 16.8 Å². The second-order valence-corrected chi connectivity index (χ2v) is 6.67. The van der Waals surface area contributed by atoms with E-state index in [4.69, 9.17) is 5.14 Å². The molecule has 7 heteroatoms. The summed E-state index contributed by atoms with van der Waals surface area (Å²) in [5, 5.41) is 11.5. The van der Waals surface area contributed by atoms with E-state index in [0.29, 0.717) is 11.1 Å². The second kappa shape index (κ2) is 5.74. The molecule has 0 bridgehead atoms. The first-order chi connectivity index (χ1) is 9.38. The third-order valence-electron chi connectivity index (χ3n) is 2.82. The summed E-state index contributed by atoms with van der Waals surface area (Å²) in [5.74, 6) is -0.195. The van der Waals surface area contributed by atoms with Crippen molar-refractivity contribution >= 4 is 27.3 Å². The molecule has 5 nitrogen and oxygen atoms in total. The Bertz CT molecular complexity index is 709. The molecule has 1 heterocycles. The Balaban J connectivity index is 2.18. The lowest BCUT2D eigenvalue weighted by atomic mass is 10.1. The maximum Gasteiger partial charge on any atom is 0.252 e. The summed E-state index contributed by atoms with van der Waals surface area (Å²) in [7, 11) is -3.74. The zero-order chi connectivity index (χ0) is 14.8. The van der Waals surface area contributed by atoms with Crippen LogP contribution in [0, 0.1) is 0 Å². The third kappa shape index (κ3) is 3.44. The number of nitrogens with one attached hydrogen (secondary N) is 1. The van der Waals surface area contributed by atoms with Crippen LogP contribution in [0.3, 0.4) is 0 Å². The molecule has 0 spiro atoms. The van der Waals surface area contributed by atoms with Gasteiger partial charge in [0.1, 0.15) is 0 Å². The minimum absolute atomic E-state index is 0.0339. The van der Waals surface area contributed by atoms with Crippen molar-refractivity contribution in [3.63, 3.8) is 0 Å². The molecule has 1 atom stereocenters. The lowest BCUT2D eigenvalue weighted by Gasteiger charge is -2.14. The first-order valence-electron chi connectivity index (χ1n) is 5.84. The van der Waals surface area contributed by atoms with Crippen molar-refractivity contribution in [3.05, 3.63) is 52.2 Å².